The molecule has 0 amide bonds. The summed E-state index contributed by atoms with van der Waals surface area (Å²) in [5.41, 5.74) is -0.793. The number of nitrogens with zero attached hydrogens (tertiary/aromatic N) is 3. The van der Waals surface area contributed by atoms with Crippen LogP contribution in [0.2, 0.25) is 0 Å². The molecule has 0 radical (unpaired) electrons. The van der Waals surface area contributed by atoms with E-state index in [-0.39, 0.29) is 6.54 Å². The predicted molar refractivity (Wildman–Crippen MR) is 112 cm³/mol. The van der Waals surface area contributed by atoms with E-state index in [1.165, 1.54) is 0 Å². The maximum absolute atomic E-state index is 13.0. The lowest BCUT2D eigenvalue weighted by molar-refractivity contribution is -0.0546. The number of hydrogen-bond donors (Lipinski definition) is 4. The van der Waals surface area contributed by atoms with Gasteiger partial charge in [0.1, 0.15) is 24.0 Å². The third-order valence-corrected chi connectivity index (χ3v) is 7.09. The van der Waals surface area contributed by atoms with Crippen LogP contribution in [0.1, 0.15) is 11.9 Å². The zero-order valence-corrected chi connectivity index (χ0v) is 18.9. The van der Waals surface area contributed by atoms with E-state index in [9.17, 15) is 33.8 Å². The van der Waals surface area contributed by atoms with Gasteiger partial charge < -0.3 is 29.3 Å². The fourth-order valence-corrected chi connectivity index (χ4v) is 4.80. The molecule has 1 aliphatic rings. The molecule has 6 atom stereocenters. The first-order valence-corrected chi connectivity index (χ1v) is 12.4. The van der Waals surface area contributed by atoms with Gasteiger partial charge in [-0.15, -0.1) is 0 Å². The van der Waals surface area contributed by atoms with E-state index in [4.69, 9.17) is 14.2 Å². The topological polar surface area (TPSA) is 213 Å². The second kappa shape index (κ2) is 9.66. The Bertz CT molecular complexity index is 1380. The van der Waals surface area contributed by atoms with Crippen molar-refractivity contribution in [2.24, 2.45) is 0 Å². The van der Waals surface area contributed by atoms with Crippen LogP contribution in [0.3, 0.4) is 0 Å². The molecule has 1 fully saturated rings. The average Bonchev–Trinajstić information content (AvgIpc) is 3.30. The molecule has 5 unspecified atom stereocenters. The lowest BCUT2D eigenvalue weighted by Crippen LogP contribution is -2.43. The molecule has 1 aromatic carbocycles. The van der Waals surface area contributed by atoms with Crippen LogP contribution in [-0.2, 0) is 29.2 Å². The Labute approximate surface area is 189 Å². The summed E-state index contributed by atoms with van der Waals surface area (Å²) in [4.78, 5) is 43.4. The number of benzene rings is 1. The number of hydrogen-bond acceptors (Lipinski definition) is 11. The van der Waals surface area contributed by atoms with Crippen molar-refractivity contribution in [3.8, 4) is 0 Å². The molecule has 0 aliphatic carbocycles. The third kappa shape index (κ3) is 4.98. The summed E-state index contributed by atoms with van der Waals surface area (Å²) >= 11 is 0. The summed E-state index contributed by atoms with van der Waals surface area (Å²) < 4.78 is 42.9. The lowest BCUT2D eigenvalue weighted by Gasteiger charge is -2.18. The molecule has 1 saturated heterocycles. The van der Waals surface area contributed by atoms with E-state index in [2.05, 4.69) is 14.0 Å². The first kappa shape index (κ1) is 24.7. The van der Waals surface area contributed by atoms with Crippen LogP contribution in [0.4, 0.5) is 0 Å². The maximum atomic E-state index is 13.0. The molecule has 3 aromatic rings. The van der Waals surface area contributed by atoms with Gasteiger partial charge in [0.25, 0.3) is 5.56 Å². The molecule has 1 aliphatic heterocycles. The minimum absolute atomic E-state index is 0.251. The summed E-state index contributed by atoms with van der Waals surface area (Å²) in [5, 5.41) is 25.1. The predicted octanol–water partition coefficient (Wildman–Crippen LogP) is -0.666. The van der Waals surface area contributed by atoms with Crippen LogP contribution in [0, 0.1) is 0 Å². The van der Waals surface area contributed by atoms with Crippen LogP contribution in [0.25, 0.3) is 11.0 Å². The molecule has 3 heterocycles. The second-order valence-electron chi connectivity index (χ2n) is 7.22. The summed E-state index contributed by atoms with van der Waals surface area (Å²) in [6.45, 7) is -1.07. The number of phosphoric ester groups is 1. The summed E-state index contributed by atoms with van der Waals surface area (Å²) in [5.74, 6) is 0. The standard InChI is InChI=1S/C17H19N3O12P2/c21-13-5-6-19(17(24)20(13)7-10-9-3-1-2-4-11(9)31-18-10)16-15(23)14(22)12(30-16)8-29-34(27,28)32-33(25)26/h1-6,12,14-16,22-23,33H,7-8H2,(H,25,26)(H,27,28)/t12?,14-,15?,16?/m0/s1. The maximum Gasteiger partial charge on any atom is 0.479 e. The molecule has 0 saturated carbocycles. The highest BCUT2D eigenvalue weighted by atomic mass is 31.2. The van der Waals surface area contributed by atoms with Crippen molar-refractivity contribution in [3.63, 3.8) is 0 Å². The monoisotopic (exact) mass is 519 g/mol. The van der Waals surface area contributed by atoms with Gasteiger partial charge in [0.15, 0.2) is 11.8 Å². The number of para-hydroxylation sites is 1. The molecule has 17 heteroatoms. The van der Waals surface area contributed by atoms with Crippen LogP contribution in [0.5, 0.6) is 0 Å². The van der Waals surface area contributed by atoms with Gasteiger partial charge in [0.05, 0.1) is 13.2 Å². The van der Waals surface area contributed by atoms with E-state index < -0.39 is 58.5 Å². The van der Waals surface area contributed by atoms with Crippen molar-refractivity contribution in [1.29, 1.82) is 0 Å². The summed E-state index contributed by atoms with van der Waals surface area (Å²) in [7, 11) is -8.73. The minimum Gasteiger partial charge on any atom is -0.387 e. The smallest absolute Gasteiger partial charge is 0.387 e. The van der Waals surface area contributed by atoms with Crippen molar-refractivity contribution < 1.29 is 47.2 Å². The molecule has 4 rings (SSSR count). The second-order valence-corrected chi connectivity index (χ2v) is 9.68. The van der Waals surface area contributed by atoms with Crippen molar-refractivity contribution in [3.05, 3.63) is 63.1 Å². The molecule has 184 valence electrons. The lowest BCUT2D eigenvalue weighted by atomic mass is 10.1. The van der Waals surface area contributed by atoms with Crippen LogP contribution in [-0.4, -0.2) is 59.2 Å². The molecule has 0 bridgehead atoms. The van der Waals surface area contributed by atoms with Crippen LogP contribution < -0.4 is 11.2 Å². The van der Waals surface area contributed by atoms with Crippen LogP contribution in [0.15, 0.2) is 50.6 Å². The first-order valence-electron chi connectivity index (χ1n) is 9.64. The Morgan fingerprint density at radius 2 is 1.91 bits per heavy atom. The number of aliphatic hydroxyl groups excluding tert-OH is 2. The van der Waals surface area contributed by atoms with Gasteiger partial charge in [-0.3, -0.25) is 23.0 Å². The van der Waals surface area contributed by atoms with E-state index in [0.29, 0.717) is 16.7 Å². The molecule has 0 spiro atoms. The molecular formula is C17H19N3O12P2. The van der Waals surface area contributed by atoms with Crippen molar-refractivity contribution >= 4 is 27.0 Å². The highest BCUT2D eigenvalue weighted by Crippen LogP contribution is 2.51. The molecule has 34 heavy (non-hydrogen) atoms. The largest absolute Gasteiger partial charge is 0.479 e. The Morgan fingerprint density at radius 1 is 1.18 bits per heavy atom. The number of aromatic nitrogens is 3. The van der Waals surface area contributed by atoms with Gasteiger partial charge in [-0.1, -0.05) is 17.3 Å². The van der Waals surface area contributed by atoms with Gasteiger partial charge in [0, 0.05) is 17.6 Å². The van der Waals surface area contributed by atoms with Gasteiger partial charge in [-0.05, 0) is 12.1 Å². The average molecular weight is 519 g/mol. The van der Waals surface area contributed by atoms with Gasteiger partial charge >= 0.3 is 21.8 Å². The van der Waals surface area contributed by atoms with Crippen molar-refractivity contribution in [2.75, 3.05) is 6.61 Å². The van der Waals surface area contributed by atoms with E-state index >= 15 is 0 Å². The Hall–Kier alpha value is -2.45. The van der Waals surface area contributed by atoms with Crippen molar-refractivity contribution in [2.45, 2.75) is 31.1 Å². The Morgan fingerprint density at radius 3 is 2.65 bits per heavy atom. The molecule has 2 aromatic heterocycles. The highest BCUT2D eigenvalue weighted by molar-refractivity contribution is 7.55. The van der Waals surface area contributed by atoms with E-state index in [0.717, 1.165) is 21.4 Å². The number of fused-ring (bicyclic) bond motifs is 1. The molecule has 15 nitrogen and oxygen atoms in total. The number of rotatable bonds is 8. The Balaban J connectivity index is 1.57. The normalized spacial score (nSPS) is 25.4. The zero-order valence-electron chi connectivity index (χ0n) is 17.0. The van der Waals surface area contributed by atoms with Gasteiger partial charge in [0.2, 0.25) is 0 Å². The summed E-state index contributed by atoms with van der Waals surface area (Å²) in [6, 6.07) is 7.88. The summed E-state index contributed by atoms with van der Waals surface area (Å²) in [6.07, 6.45) is -5.22. The highest BCUT2D eigenvalue weighted by Gasteiger charge is 2.45. The quantitative estimate of drug-likeness (QED) is 0.272. The van der Waals surface area contributed by atoms with Crippen LogP contribution >= 0.6 is 16.1 Å². The fourth-order valence-electron chi connectivity index (χ4n) is 3.46. The molecular weight excluding hydrogens is 500 g/mol. The SMILES string of the molecule is O=c1ccn(C2OC(COP(=O)(O)O[PH](=O)O)[C@H](O)C2O)c(=O)n1Cc1noc2ccccc12. The van der Waals surface area contributed by atoms with E-state index in [1.54, 1.807) is 24.3 Å². The van der Waals surface area contributed by atoms with Gasteiger partial charge in [-0.2, -0.15) is 0 Å². The number of phosphoric acid groups is 1. The first-order chi connectivity index (χ1) is 16.1. The van der Waals surface area contributed by atoms with Crippen molar-refractivity contribution in [1.82, 2.24) is 14.3 Å². The Kier molecular flexibility index (Phi) is 7.01. The zero-order chi connectivity index (χ0) is 24.6. The third-order valence-electron chi connectivity index (χ3n) is 5.06. The number of ether oxygens (including phenoxy) is 1. The van der Waals surface area contributed by atoms with Gasteiger partial charge in [-0.25, -0.2) is 13.7 Å². The van der Waals surface area contributed by atoms with E-state index in [1.807, 2.05) is 0 Å². The molecule has 4 N–H and O–H groups in total. The fraction of sp³-hybridized carbons (Fsp3) is 0.353. The minimum atomic E-state index is -4.94. The number of aliphatic hydroxyl groups is 2.